The van der Waals surface area contributed by atoms with Gasteiger partial charge < -0.3 is 5.32 Å². The van der Waals surface area contributed by atoms with Crippen molar-refractivity contribution in [2.45, 2.75) is 77.4 Å². The molecule has 2 heteroatoms. The molecular formula is C14H30N2. The molecule has 16 heavy (non-hydrogen) atoms. The predicted octanol–water partition coefficient (Wildman–Crippen LogP) is 3.03. The van der Waals surface area contributed by atoms with Gasteiger partial charge >= 0.3 is 0 Å². The van der Waals surface area contributed by atoms with Crippen molar-refractivity contribution in [3.63, 3.8) is 0 Å². The molecule has 3 atom stereocenters. The van der Waals surface area contributed by atoms with E-state index in [2.05, 4.69) is 38.0 Å². The molecule has 0 aromatic heterocycles. The zero-order valence-corrected chi connectivity index (χ0v) is 11.6. The smallest absolute Gasteiger partial charge is 0.0249 e. The summed E-state index contributed by atoms with van der Waals surface area (Å²) in [4.78, 5) is 2.62. The number of hydrogen-bond donors (Lipinski definition) is 1. The van der Waals surface area contributed by atoms with Crippen molar-refractivity contribution in [3.05, 3.63) is 0 Å². The van der Waals surface area contributed by atoms with Gasteiger partial charge in [-0.2, -0.15) is 0 Å². The number of nitrogens with zero attached hydrogens (tertiary/aromatic N) is 1. The molecule has 0 aliphatic heterocycles. The van der Waals surface area contributed by atoms with Gasteiger partial charge in [0.25, 0.3) is 0 Å². The predicted molar refractivity (Wildman–Crippen MR) is 71.9 cm³/mol. The highest BCUT2D eigenvalue weighted by Crippen LogP contribution is 2.24. The maximum Gasteiger partial charge on any atom is 0.0249 e. The van der Waals surface area contributed by atoms with Crippen molar-refractivity contribution in [2.24, 2.45) is 0 Å². The van der Waals surface area contributed by atoms with Crippen molar-refractivity contribution in [3.8, 4) is 0 Å². The molecule has 0 bridgehead atoms. The zero-order chi connectivity index (χ0) is 12.0. The van der Waals surface area contributed by atoms with Gasteiger partial charge in [-0.1, -0.05) is 33.1 Å². The summed E-state index contributed by atoms with van der Waals surface area (Å²) in [6.07, 6.45) is 8.18. The van der Waals surface area contributed by atoms with E-state index in [9.17, 15) is 0 Å². The molecule has 1 saturated carbocycles. The largest absolute Gasteiger partial charge is 0.313 e. The van der Waals surface area contributed by atoms with Crippen molar-refractivity contribution < 1.29 is 0 Å². The van der Waals surface area contributed by atoms with Gasteiger partial charge in [0, 0.05) is 18.1 Å². The van der Waals surface area contributed by atoms with Crippen LogP contribution in [-0.4, -0.2) is 36.6 Å². The third-order valence-electron chi connectivity index (χ3n) is 4.12. The van der Waals surface area contributed by atoms with E-state index < -0.39 is 0 Å². The molecule has 0 amide bonds. The normalized spacial score (nSPS) is 28.3. The Morgan fingerprint density at radius 3 is 2.56 bits per heavy atom. The molecule has 1 rings (SSSR count). The van der Waals surface area contributed by atoms with Crippen LogP contribution in [0.15, 0.2) is 0 Å². The third kappa shape index (κ3) is 3.74. The summed E-state index contributed by atoms with van der Waals surface area (Å²) in [7, 11) is 2.32. The first kappa shape index (κ1) is 14.0. The molecule has 0 aromatic carbocycles. The lowest BCUT2D eigenvalue weighted by atomic mass is 9.88. The zero-order valence-electron chi connectivity index (χ0n) is 11.6. The highest BCUT2D eigenvalue weighted by molar-refractivity contribution is 4.88. The standard InChI is InChI=1S/C14H30N2/c1-5-9-12(3)16(4)14-11-8-7-10-13(14)15-6-2/h12-15H,5-11H2,1-4H3. The van der Waals surface area contributed by atoms with Gasteiger partial charge in [-0.15, -0.1) is 0 Å². The van der Waals surface area contributed by atoms with Gasteiger partial charge in [-0.3, -0.25) is 4.90 Å². The summed E-state index contributed by atoms with van der Waals surface area (Å²) in [5.41, 5.74) is 0. The van der Waals surface area contributed by atoms with Gasteiger partial charge in [0.2, 0.25) is 0 Å². The van der Waals surface area contributed by atoms with E-state index in [-0.39, 0.29) is 0 Å². The molecule has 0 radical (unpaired) electrons. The number of likely N-dealkylation sites (N-methyl/N-ethyl adjacent to an activating group) is 2. The Morgan fingerprint density at radius 1 is 1.25 bits per heavy atom. The highest BCUT2D eigenvalue weighted by atomic mass is 15.2. The molecule has 0 heterocycles. The molecule has 96 valence electrons. The van der Waals surface area contributed by atoms with E-state index in [1.807, 2.05) is 0 Å². The first-order valence-electron chi connectivity index (χ1n) is 7.16. The van der Waals surface area contributed by atoms with Crippen molar-refractivity contribution in [1.82, 2.24) is 10.2 Å². The van der Waals surface area contributed by atoms with Crippen LogP contribution >= 0.6 is 0 Å². The minimum absolute atomic E-state index is 0.725. The molecule has 1 N–H and O–H groups in total. The summed E-state index contributed by atoms with van der Waals surface area (Å²) in [6.45, 7) is 7.99. The van der Waals surface area contributed by atoms with Crippen LogP contribution in [0.3, 0.4) is 0 Å². The second kappa shape index (κ2) is 7.29. The van der Waals surface area contributed by atoms with Crippen LogP contribution in [0.5, 0.6) is 0 Å². The average molecular weight is 226 g/mol. The van der Waals surface area contributed by atoms with Gasteiger partial charge in [0.1, 0.15) is 0 Å². The van der Waals surface area contributed by atoms with Crippen LogP contribution in [0, 0.1) is 0 Å². The number of hydrogen-bond acceptors (Lipinski definition) is 2. The summed E-state index contributed by atoms with van der Waals surface area (Å²) >= 11 is 0. The van der Waals surface area contributed by atoms with Gasteiger partial charge in [-0.25, -0.2) is 0 Å². The van der Waals surface area contributed by atoms with Crippen LogP contribution in [0.1, 0.15) is 59.3 Å². The monoisotopic (exact) mass is 226 g/mol. The molecule has 0 spiro atoms. The van der Waals surface area contributed by atoms with Crippen molar-refractivity contribution in [1.29, 1.82) is 0 Å². The van der Waals surface area contributed by atoms with Crippen LogP contribution in [-0.2, 0) is 0 Å². The Kier molecular flexibility index (Phi) is 6.37. The lowest BCUT2D eigenvalue weighted by molar-refractivity contribution is 0.109. The molecule has 0 saturated heterocycles. The number of nitrogens with one attached hydrogen (secondary N) is 1. The fourth-order valence-corrected chi connectivity index (χ4v) is 3.05. The summed E-state index contributed by atoms with van der Waals surface area (Å²) in [5, 5.41) is 3.67. The lowest BCUT2D eigenvalue weighted by Gasteiger charge is -2.41. The minimum atomic E-state index is 0.725. The highest BCUT2D eigenvalue weighted by Gasteiger charge is 2.29. The van der Waals surface area contributed by atoms with Gasteiger partial charge in [0.15, 0.2) is 0 Å². The molecule has 2 nitrogen and oxygen atoms in total. The average Bonchev–Trinajstić information content (AvgIpc) is 2.29. The molecule has 0 aromatic rings. The van der Waals surface area contributed by atoms with E-state index in [1.54, 1.807) is 0 Å². The Balaban J connectivity index is 2.52. The quantitative estimate of drug-likeness (QED) is 0.749. The summed E-state index contributed by atoms with van der Waals surface area (Å²) in [5.74, 6) is 0. The minimum Gasteiger partial charge on any atom is -0.313 e. The van der Waals surface area contributed by atoms with Crippen LogP contribution in [0.4, 0.5) is 0 Å². The fourth-order valence-electron chi connectivity index (χ4n) is 3.05. The SMILES string of the molecule is CCCC(C)N(C)C1CCCCC1NCC. The molecule has 1 aliphatic carbocycles. The first-order valence-corrected chi connectivity index (χ1v) is 7.16. The van der Waals surface area contributed by atoms with Crippen molar-refractivity contribution in [2.75, 3.05) is 13.6 Å². The summed E-state index contributed by atoms with van der Waals surface area (Å²) < 4.78 is 0. The number of rotatable bonds is 6. The topological polar surface area (TPSA) is 15.3 Å². The Morgan fingerprint density at radius 2 is 1.94 bits per heavy atom. The molecule has 3 unspecified atom stereocenters. The Hall–Kier alpha value is -0.0800. The van der Waals surface area contributed by atoms with Crippen LogP contribution in [0.25, 0.3) is 0 Å². The summed E-state index contributed by atoms with van der Waals surface area (Å²) in [6, 6.07) is 2.22. The van der Waals surface area contributed by atoms with E-state index in [4.69, 9.17) is 0 Å². The van der Waals surface area contributed by atoms with Crippen LogP contribution in [0.2, 0.25) is 0 Å². The molecule has 1 aliphatic rings. The third-order valence-corrected chi connectivity index (χ3v) is 4.12. The van der Waals surface area contributed by atoms with E-state index in [0.717, 1.165) is 24.7 Å². The van der Waals surface area contributed by atoms with Crippen LogP contribution < -0.4 is 5.32 Å². The van der Waals surface area contributed by atoms with E-state index in [1.165, 1.54) is 38.5 Å². The second-order valence-electron chi connectivity index (χ2n) is 5.32. The molecular weight excluding hydrogens is 196 g/mol. The van der Waals surface area contributed by atoms with E-state index in [0.29, 0.717) is 0 Å². The van der Waals surface area contributed by atoms with Gasteiger partial charge in [-0.05, 0) is 39.8 Å². The maximum atomic E-state index is 3.67. The molecule has 1 fully saturated rings. The van der Waals surface area contributed by atoms with Crippen molar-refractivity contribution >= 4 is 0 Å². The van der Waals surface area contributed by atoms with Gasteiger partial charge in [0.05, 0.1) is 0 Å². The first-order chi connectivity index (χ1) is 7.70. The van der Waals surface area contributed by atoms with E-state index >= 15 is 0 Å². The fraction of sp³-hybridized carbons (Fsp3) is 1.00. The Labute approximate surface area is 102 Å². The second-order valence-corrected chi connectivity index (χ2v) is 5.32. The lowest BCUT2D eigenvalue weighted by Crippen LogP contribution is -2.52. The Bertz CT molecular complexity index is 180. The maximum absolute atomic E-state index is 3.67.